The van der Waals surface area contributed by atoms with Crippen molar-refractivity contribution in [2.24, 2.45) is 0 Å². The minimum Gasteiger partial charge on any atom is -0.352 e. The quantitative estimate of drug-likeness (QED) is 0.717. The van der Waals surface area contributed by atoms with Crippen LogP contribution >= 0.6 is 0 Å². The van der Waals surface area contributed by atoms with E-state index in [0.717, 1.165) is 11.1 Å². The van der Waals surface area contributed by atoms with Gasteiger partial charge in [0.1, 0.15) is 5.67 Å². The number of alkyl halides is 1. The van der Waals surface area contributed by atoms with Crippen molar-refractivity contribution < 1.29 is 13.4 Å². The molecule has 4 nitrogen and oxygen atoms in total. The van der Waals surface area contributed by atoms with Crippen LogP contribution < -0.4 is 10.0 Å². The lowest BCUT2D eigenvalue weighted by molar-refractivity contribution is 0.0956. The predicted molar refractivity (Wildman–Crippen MR) is 110 cm³/mol. The van der Waals surface area contributed by atoms with Crippen molar-refractivity contribution in [1.82, 2.24) is 10.0 Å². The molecule has 2 atom stereocenters. The van der Waals surface area contributed by atoms with Gasteiger partial charge in [-0.3, -0.25) is 4.79 Å². The van der Waals surface area contributed by atoms with E-state index >= 15 is 0 Å². The van der Waals surface area contributed by atoms with Crippen LogP contribution in [0, 0.1) is 0 Å². The maximum absolute atomic E-state index is 15.0. The van der Waals surface area contributed by atoms with E-state index in [2.05, 4.69) is 10.0 Å². The van der Waals surface area contributed by atoms with E-state index < -0.39 is 16.7 Å². The third-order valence-electron chi connectivity index (χ3n) is 4.28. The minimum absolute atomic E-state index is 0.0155. The zero-order valence-electron chi connectivity index (χ0n) is 16.2. The SMILES string of the molecule is CCNC(=O)c1ccc(-c2ccc(C(C)(F)CNS(=O)C(C)C)cc2)cc1. The highest BCUT2D eigenvalue weighted by Gasteiger charge is 2.26. The summed E-state index contributed by atoms with van der Waals surface area (Å²) in [5.74, 6) is -0.0983. The number of hydrogen-bond donors (Lipinski definition) is 2. The van der Waals surface area contributed by atoms with Gasteiger partial charge < -0.3 is 5.32 Å². The Labute approximate surface area is 163 Å². The summed E-state index contributed by atoms with van der Waals surface area (Å²) in [5.41, 5.74) is 1.41. The summed E-state index contributed by atoms with van der Waals surface area (Å²) in [4.78, 5) is 11.8. The normalized spacial score (nSPS) is 14.6. The van der Waals surface area contributed by atoms with Gasteiger partial charge in [-0.15, -0.1) is 0 Å². The molecule has 0 aliphatic carbocycles. The van der Waals surface area contributed by atoms with Gasteiger partial charge in [-0.2, -0.15) is 0 Å². The van der Waals surface area contributed by atoms with Crippen molar-refractivity contribution in [3.63, 3.8) is 0 Å². The van der Waals surface area contributed by atoms with E-state index in [0.29, 0.717) is 17.7 Å². The van der Waals surface area contributed by atoms with Crippen LogP contribution in [0.4, 0.5) is 4.39 Å². The fourth-order valence-electron chi connectivity index (χ4n) is 2.56. The fraction of sp³-hybridized carbons (Fsp3) is 0.381. The van der Waals surface area contributed by atoms with Crippen molar-refractivity contribution in [1.29, 1.82) is 0 Å². The zero-order valence-corrected chi connectivity index (χ0v) is 17.0. The Balaban J connectivity index is 2.10. The lowest BCUT2D eigenvalue weighted by Crippen LogP contribution is -2.35. The Hall–Kier alpha value is -2.05. The molecule has 0 bridgehead atoms. The molecule has 1 amide bonds. The fourth-order valence-corrected chi connectivity index (χ4v) is 3.31. The molecular formula is C21H27FN2O2S. The van der Waals surface area contributed by atoms with Gasteiger partial charge in [0.05, 0.1) is 11.0 Å². The molecule has 0 saturated carbocycles. The van der Waals surface area contributed by atoms with Crippen LogP contribution in [0.2, 0.25) is 0 Å². The summed E-state index contributed by atoms with van der Waals surface area (Å²) in [7, 11) is -1.26. The van der Waals surface area contributed by atoms with Gasteiger partial charge in [-0.25, -0.2) is 13.3 Å². The summed E-state index contributed by atoms with van der Waals surface area (Å²) < 4.78 is 29.5. The largest absolute Gasteiger partial charge is 0.352 e. The second-order valence-corrected chi connectivity index (χ2v) is 8.71. The number of amides is 1. The Morgan fingerprint density at radius 1 is 1.07 bits per heavy atom. The predicted octanol–water partition coefficient (Wildman–Crippen LogP) is 3.95. The van der Waals surface area contributed by atoms with E-state index in [4.69, 9.17) is 0 Å². The number of benzene rings is 2. The van der Waals surface area contributed by atoms with Crippen LogP contribution in [0.25, 0.3) is 11.1 Å². The Kier molecular flexibility index (Phi) is 7.27. The van der Waals surface area contributed by atoms with Crippen molar-refractivity contribution in [3.05, 3.63) is 59.7 Å². The smallest absolute Gasteiger partial charge is 0.251 e. The summed E-state index contributed by atoms with van der Waals surface area (Å²) in [6.07, 6.45) is 0. The lowest BCUT2D eigenvalue weighted by Gasteiger charge is -2.22. The highest BCUT2D eigenvalue weighted by molar-refractivity contribution is 7.83. The minimum atomic E-state index is -1.62. The molecule has 2 N–H and O–H groups in total. The second-order valence-electron chi connectivity index (χ2n) is 6.88. The van der Waals surface area contributed by atoms with Gasteiger partial charge in [0.2, 0.25) is 0 Å². The van der Waals surface area contributed by atoms with Crippen LogP contribution in [0.15, 0.2) is 48.5 Å². The molecule has 0 radical (unpaired) electrons. The highest BCUT2D eigenvalue weighted by atomic mass is 32.2. The second kappa shape index (κ2) is 9.24. The van der Waals surface area contributed by atoms with Crippen LogP contribution in [0.1, 0.15) is 43.6 Å². The molecule has 0 aliphatic heterocycles. The van der Waals surface area contributed by atoms with E-state index in [9.17, 15) is 13.4 Å². The molecule has 0 saturated heterocycles. The van der Waals surface area contributed by atoms with Crippen molar-refractivity contribution in [2.45, 2.75) is 38.6 Å². The third kappa shape index (κ3) is 5.71. The van der Waals surface area contributed by atoms with Gasteiger partial charge in [-0.05, 0) is 56.5 Å². The van der Waals surface area contributed by atoms with Crippen molar-refractivity contribution in [3.8, 4) is 11.1 Å². The van der Waals surface area contributed by atoms with Crippen molar-refractivity contribution >= 4 is 16.9 Å². The number of nitrogens with one attached hydrogen (secondary N) is 2. The van der Waals surface area contributed by atoms with E-state index in [1.54, 1.807) is 24.3 Å². The number of hydrogen-bond acceptors (Lipinski definition) is 2. The third-order valence-corrected chi connectivity index (χ3v) is 5.56. The van der Waals surface area contributed by atoms with Gasteiger partial charge >= 0.3 is 0 Å². The number of carbonyl (C=O) groups excluding carboxylic acids is 1. The summed E-state index contributed by atoms with van der Waals surface area (Å²) in [5, 5.41) is 2.70. The Bertz CT molecular complexity index is 787. The molecule has 0 heterocycles. The molecule has 0 aromatic heterocycles. The zero-order chi connectivity index (χ0) is 20.0. The monoisotopic (exact) mass is 390 g/mol. The molecule has 27 heavy (non-hydrogen) atoms. The number of rotatable bonds is 8. The first-order valence-electron chi connectivity index (χ1n) is 9.06. The molecule has 2 aromatic rings. The van der Waals surface area contributed by atoms with Crippen molar-refractivity contribution in [2.75, 3.05) is 13.1 Å². The van der Waals surface area contributed by atoms with E-state index in [-0.39, 0.29) is 17.7 Å². The average molecular weight is 391 g/mol. The molecule has 0 aliphatic rings. The van der Waals surface area contributed by atoms with E-state index in [1.807, 2.05) is 45.0 Å². The first-order valence-corrected chi connectivity index (χ1v) is 10.3. The van der Waals surface area contributed by atoms with Gasteiger partial charge in [0, 0.05) is 23.9 Å². The summed E-state index contributed by atoms with van der Waals surface area (Å²) in [6.45, 7) is 7.58. The maximum Gasteiger partial charge on any atom is 0.251 e. The number of halogens is 1. The average Bonchev–Trinajstić information content (AvgIpc) is 2.66. The Morgan fingerprint density at radius 2 is 1.59 bits per heavy atom. The standard InChI is InChI=1S/C21H27FN2O2S/c1-5-23-20(25)18-8-6-16(7-9-18)17-10-12-19(13-11-17)21(4,22)14-24-27(26)15(2)3/h6-13,15,24H,5,14H2,1-4H3,(H,23,25). The summed E-state index contributed by atoms with van der Waals surface area (Å²) in [6, 6.07) is 14.5. The molecule has 0 fully saturated rings. The molecule has 6 heteroatoms. The number of carbonyl (C=O) groups is 1. The van der Waals surface area contributed by atoms with Gasteiger partial charge in [0.25, 0.3) is 5.91 Å². The Morgan fingerprint density at radius 3 is 2.07 bits per heavy atom. The molecule has 2 rings (SSSR count). The van der Waals surface area contributed by atoms with Crippen LogP contribution in [-0.4, -0.2) is 28.5 Å². The van der Waals surface area contributed by atoms with Crippen LogP contribution in [-0.2, 0) is 16.7 Å². The van der Waals surface area contributed by atoms with Gasteiger partial charge in [0.15, 0.2) is 0 Å². The topological polar surface area (TPSA) is 58.2 Å². The maximum atomic E-state index is 15.0. The first kappa shape index (κ1) is 21.3. The highest BCUT2D eigenvalue weighted by Crippen LogP contribution is 2.28. The van der Waals surface area contributed by atoms with Crippen LogP contribution in [0.5, 0.6) is 0 Å². The lowest BCUT2D eigenvalue weighted by atomic mass is 9.95. The van der Waals surface area contributed by atoms with Crippen LogP contribution in [0.3, 0.4) is 0 Å². The van der Waals surface area contributed by atoms with E-state index in [1.165, 1.54) is 6.92 Å². The molecule has 0 spiro atoms. The molecule has 2 aromatic carbocycles. The summed E-state index contributed by atoms with van der Waals surface area (Å²) >= 11 is 0. The first-order chi connectivity index (χ1) is 12.7. The molecule has 2 unspecified atom stereocenters. The molecule has 146 valence electrons. The van der Waals surface area contributed by atoms with Gasteiger partial charge in [-0.1, -0.05) is 36.4 Å². The molecular weight excluding hydrogens is 363 g/mol.